The van der Waals surface area contributed by atoms with Crippen molar-refractivity contribution in [1.82, 2.24) is 0 Å². The molecule has 2 heteroatoms. The Kier molecular flexibility index (Phi) is 13.2. The van der Waals surface area contributed by atoms with E-state index in [2.05, 4.69) is 27.7 Å². The van der Waals surface area contributed by atoms with Crippen LogP contribution in [-0.2, 0) is 0 Å². The van der Waals surface area contributed by atoms with Crippen molar-refractivity contribution in [1.29, 1.82) is 0 Å². The van der Waals surface area contributed by atoms with Crippen LogP contribution in [0.4, 0.5) is 0 Å². The molecule has 0 aromatic heterocycles. The maximum absolute atomic E-state index is 11.0. The van der Waals surface area contributed by atoms with Crippen LogP contribution in [0.15, 0.2) is 0 Å². The Bertz CT molecular complexity index is 253. The Balaban J connectivity index is 4.98. The van der Waals surface area contributed by atoms with Gasteiger partial charge in [0.05, 0.1) is 0 Å². The van der Waals surface area contributed by atoms with Gasteiger partial charge in [-0.1, -0.05) is 91.9 Å². The van der Waals surface area contributed by atoms with E-state index in [4.69, 9.17) is 0 Å². The number of hydrogen-bond acceptors (Lipinski definition) is 2. The molecule has 0 heterocycles. The molecule has 0 saturated heterocycles. The quantitative estimate of drug-likeness (QED) is 0.248. The molecule has 140 valence electrons. The fourth-order valence-electron chi connectivity index (χ4n) is 3.76. The first kappa shape index (κ1) is 22.9. The third kappa shape index (κ3) is 8.54. The van der Waals surface area contributed by atoms with Gasteiger partial charge in [0.1, 0.15) is 0 Å². The van der Waals surface area contributed by atoms with E-state index in [-0.39, 0.29) is 5.41 Å². The molecular weight excluding hydrogens is 284 g/mol. The fraction of sp³-hybridized carbons (Fsp3) is 1.00. The van der Waals surface area contributed by atoms with Crippen molar-refractivity contribution in [3.8, 4) is 0 Å². The van der Waals surface area contributed by atoms with Crippen molar-refractivity contribution >= 4 is 0 Å². The van der Waals surface area contributed by atoms with Crippen molar-refractivity contribution in [2.24, 2.45) is 5.41 Å². The van der Waals surface area contributed by atoms with Crippen LogP contribution in [0.1, 0.15) is 124 Å². The smallest absolute Gasteiger partial charge is 0.168 e. The predicted molar refractivity (Wildman–Crippen MR) is 102 cm³/mol. The summed E-state index contributed by atoms with van der Waals surface area (Å²) < 4.78 is 0. The van der Waals surface area contributed by atoms with Crippen LogP contribution in [0.25, 0.3) is 0 Å². The zero-order valence-corrected chi connectivity index (χ0v) is 16.5. The molecule has 0 saturated carbocycles. The minimum atomic E-state index is -1.49. The zero-order valence-electron chi connectivity index (χ0n) is 16.5. The molecular formula is C21H44O2. The maximum atomic E-state index is 11.0. The van der Waals surface area contributed by atoms with Gasteiger partial charge in [0.2, 0.25) is 0 Å². The zero-order chi connectivity index (χ0) is 17.6. The van der Waals surface area contributed by atoms with Crippen LogP contribution >= 0.6 is 0 Å². The molecule has 0 aliphatic heterocycles. The molecule has 0 aromatic rings. The maximum Gasteiger partial charge on any atom is 0.168 e. The van der Waals surface area contributed by atoms with Gasteiger partial charge in [-0.3, -0.25) is 0 Å². The van der Waals surface area contributed by atoms with Gasteiger partial charge >= 0.3 is 0 Å². The van der Waals surface area contributed by atoms with E-state index in [0.29, 0.717) is 6.42 Å². The molecule has 0 radical (unpaired) electrons. The summed E-state index contributed by atoms with van der Waals surface area (Å²) in [5.74, 6) is -1.49. The highest BCUT2D eigenvalue weighted by Gasteiger charge is 2.46. The Morgan fingerprint density at radius 1 is 0.478 bits per heavy atom. The number of hydrogen-bond donors (Lipinski definition) is 2. The average molecular weight is 329 g/mol. The van der Waals surface area contributed by atoms with Crippen molar-refractivity contribution in [2.45, 2.75) is 130 Å². The lowest BCUT2D eigenvalue weighted by Crippen LogP contribution is -2.48. The lowest BCUT2D eigenvalue weighted by Gasteiger charge is -2.45. The van der Waals surface area contributed by atoms with E-state index < -0.39 is 5.79 Å². The number of aliphatic hydroxyl groups is 2. The van der Waals surface area contributed by atoms with Crippen LogP contribution < -0.4 is 0 Å². The Labute approximate surface area is 146 Å². The van der Waals surface area contributed by atoms with E-state index >= 15 is 0 Å². The molecule has 0 aromatic carbocycles. The second kappa shape index (κ2) is 13.2. The first-order valence-electron chi connectivity index (χ1n) is 10.4. The molecule has 23 heavy (non-hydrogen) atoms. The van der Waals surface area contributed by atoms with Crippen LogP contribution in [0.5, 0.6) is 0 Å². The summed E-state index contributed by atoms with van der Waals surface area (Å²) in [6.45, 7) is 8.77. The highest BCUT2D eigenvalue weighted by Crippen LogP contribution is 2.47. The van der Waals surface area contributed by atoms with Gasteiger partial charge in [-0.05, 0) is 25.7 Å². The topological polar surface area (TPSA) is 40.5 Å². The average Bonchev–Trinajstić information content (AvgIpc) is 2.54. The van der Waals surface area contributed by atoms with E-state index in [0.717, 1.165) is 64.2 Å². The first-order chi connectivity index (χ1) is 11.0. The molecule has 0 rings (SSSR count). The lowest BCUT2D eigenvalue weighted by atomic mass is 9.66. The molecule has 0 amide bonds. The van der Waals surface area contributed by atoms with Gasteiger partial charge in [0.25, 0.3) is 0 Å². The van der Waals surface area contributed by atoms with Gasteiger partial charge < -0.3 is 10.2 Å². The summed E-state index contributed by atoms with van der Waals surface area (Å²) in [5, 5.41) is 21.9. The van der Waals surface area contributed by atoms with Gasteiger partial charge in [-0.25, -0.2) is 0 Å². The monoisotopic (exact) mass is 328 g/mol. The van der Waals surface area contributed by atoms with E-state index in [1.165, 1.54) is 25.7 Å². The van der Waals surface area contributed by atoms with Crippen LogP contribution in [0.3, 0.4) is 0 Å². The molecule has 2 nitrogen and oxygen atoms in total. The molecule has 0 aliphatic rings. The summed E-state index contributed by atoms with van der Waals surface area (Å²) >= 11 is 0. The number of rotatable bonds is 16. The Hall–Kier alpha value is -0.0800. The molecule has 0 bridgehead atoms. The standard InChI is InChI=1S/C21H44O2/c1-5-9-13-14-15-18-20(16-10-6-2,17-11-7-3)21(22,23)19-12-8-4/h22-23H,5-19H2,1-4H3. The Morgan fingerprint density at radius 2 is 0.870 bits per heavy atom. The number of unbranched alkanes of at least 4 members (excludes halogenated alkanes) is 7. The largest absolute Gasteiger partial charge is 0.365 e. The third-order valence-electron chi connectivity index (χ3n) is 5.50. The Morgan fingerprint density at radius 3 is 1.35 bits per heavy atom. The molecule has 0 spiro atoms. The second-order valence-electron chi connectivity index (χ2n) is 7.57. The summed E-state index contributed by atoms with van der Waals surface area (Å²) in [6, 6.07) is 0. The van der Waals surface area contributed by atoms with E-state index in [1.807, 2.05) is 0 Å². The molecule has 0 atom stereocenters. The van der Waals surface area contributed by atoms with Crippen LogP contribution in [-0.4, -0.2) is 16.0 Å². The fourth-order valence-corrected chi connectivity index (χ4v) is 3.76. The summed E-state index contributed by atoms with van der Waals surface area (Å²) in [5.41, 5.74) is -0.291. The van der Waals surface area contributed by atoms with Gasteiger partial charge in [0, 0.05) is 11.8 Å². The molecule has 0 aliphatic carbocycles. The second-order valence-corrected chi connectivity index (χ2v) is 7.57. The SMILES string of the molecule is CCCCCCCC(CCCC)(CCCC)C(O)(O)CCCC. The molecule has 2 N–H and O–H groups in total. The van der Waals surface area contributed by atoms with Crippen molar-refractivity contribution in [3.63, 3.8) is 0 Å². The van der Waals surface area contributed by atoms with Gasteiger partial charge in [-0.15, -0.1) is 0 Å². The summed E-state index contributed by atoms with van der Waals surface area (Å²) in [6.07, 6.45) is 16.1. The molecule has 0 unspecified atom stereocenters. The lowest BCUT2D eigenvalue weighted by molar-refractivity contribution is -0.256. The van der Waals surface area contributed by atoms with E-state index in [9.17, 15) is 10.2 Å². The summed E-state index contributed by atoms with van der Waals surface area (Å²) in [4.78, 5) is 0. The van der Waals surface area contributed by atoms with Crippen molar-refractivity contribution < 1.29 is 10.2 Å². The van der Waals surface area contributed by atoms with Gasteiger partial charge in [-0.2, -0.15) is 0 Å². The third-order valence-corrected chi connectivity index (χ3v) is 5.50. The normalized spacial score (nSPS) is 12.8. The highest BCUT2D eigenvalue weighted by molar-refractivity contribution is 4.91. The van der Waals surface area contributed by atoms with Crippen molar-refractivity contribution in [2.75, 3.05) is 0 Å². The van der Waals surface area contributed by atoms with Crippen LogP contribution in [0, 0.1) is 5.41 Å². The minimum Gasteiger partial charge on any atom is -0.365 e. The van der Waals surface area contributed by atoms with E-state index in [1.54, 1.807) is 0 Å². The van der Waals surface area contributed by atoms with Crippen LogP contribution in [0.2, 0.25) is 0 Å². The molecule has 0 fully saturated rings. The predicted octanol–water partition coefficient (Wildman–Crippen LogP) is 6.58. The summed E-state index contributed by atoms with van der Waals surface area (Å²) in [7, 11) is 0. The van der Waals surface area contributed by atoms with Gasteiger partial charge in [0.15, 0.2) is 5.79 Å². The first-order valence-corrected chi connectivity index (χ1v) is 10.4. The minimum absolute atomic E-state index is 0.291. The van der Waals surface area contributed by atoms with Crippen molar-refractivity contribution in [3.05, 3.63) is 0 Å². The highest BCUT2D eigenvalue weighted by atomic mass is 16.5.